The zero-order valence-electron chi connectivity index (χ0n) is 14.5. The van der Waals surface area contributed by atoms with Crippen molar-refractivity contribution in [3.63, 3.8) is 0 Å². The Kier molecular flexibility index (Phi) is 3.42. The topological polar surface area (TPSA) is 0 Å². The molecule has 4 aromatic carbocycles. The molecule has 0 fully saturated rings. The Bertz CT molecular complexity index is 1030. The van der Waals surface area contributed by atoms with Gasteiger partial charge in [0.25, 0.3) is 0 Å². The van der Waals surface area contributed by atoms with Crippen LogP contribution >= 0.6 is 0 Å². The summed E-state index contributed by atoms with van der Waals surface area (Å²) in [4.78, 5) is 0. The van der Waals surface area contributed by atoms with Gasteiger partial charge >= 0.3 is 0 Å². The Labute approximate surface area is 143 Å². The molecule has 0 nitrogen and oxygen atoms in total. The van der Waals surface area contributed by atoms with Gasteiger partial charge in [-0.2, -0.15) is 0 Å². The van der Waals surface area contributed by atoms with Gasteiger partial charge in [-0.25, -0.2) is 0 Å². The van der Waals surface area contributed by atoms with Crippen LogP contribution in [0.4, 0.5) is 0 Å². The maximum absolute atomic E-state index is 2.30. The lowest BCUT2D eigenvalue weighted by atomic mass is 9.81. The quantitative estimate of drug-likeness (QED) is 0.356. The molecule has 0 saturated carbocycles. The lowest BCUT2D eigenvalue weighted by Crippen LogP contribution is -2.11. The molecule has 0 heteroatoms. The average Bonchev–Trinajstić information content (AvgIpc) is 2.59. The van der Waals surface area contributed by atoms with E-state index in [1.807, 2.05) is 0 Å². The van der Waals surface area contributed by atoms with Crippen molar-refractivity contribution in [3.05, 3.63) is 84.4 Å². The van der Waals surface area contributed by atoms with Crippen molar-refractivity contribution in [2.75, 3.05) is 0 Å². The summed E-state index contributed by atoms with van der Waals surface area (Å²) in [7, 11) is 0. The second-order valence-electron chi connectivity index (χ2n) is 7.48. The largest absolute Gasteiger partial charge is 0.0616 e. The van der Waals surface area contributed by atoms with Crippen molar-refractivity contribution < 1.29 is 0 Å². The molecule has 0 atom stereocenters. The van der Waals surface area contributed by atoms with Crippen molar-refractivity contribution in [2.45, 2.75) is 26.2 Å². The molecule has 4 rings (SSSR count). The van der Waals surface area contributed by atoms with Crippen LogP contribution < -0.4 is 0 Å². The molecule has 0 aliphatic heterocycles. The second kappa shape index (κ2) is 5.49. The van der Waals surface area contributed by atoms with Crippen molar-refractivity contribution in [1.82, 2.24) is 0 Å². The zero-order valence-corrected chi connectivity index (χ0v) is 14.5. The van der Waals surface area contributed by atoms with Gasteiger partial charge in [0.15, 0.2) is 0 Å². The first-order valence-corrected chi connectivity index (χ1v) is 8.56. The van der Waals surface area contributed by atoms with Crippen LogP contribution in [-0.2, 0) is 5.41 Å². The van der Waals surface area contributed by atoms with Crippen LogP contribution in [0, 0.1) is 0 Å². The second-order valence-corrected chi connectivity index (χ2v) is 7.48. The highest BCUT2D eigenvalue weighted by Gasteiger charge is 2.18. The fourth-order valence-corrected chi connectivity index (χ4v) is 3.65. The fourth-order valence-electron chi connectivity index (χ4n) is 3.65. The van der Waals surface area contributed by atoms with Crippen molar-refractivity contribution >= 4 is 21.5 Å². The molecule has 0 spiro atoms. The highest BCUT2D eigenvalue weighted by atomic mass is 14.2. The molecule has 0 aromatic heterocycles. The molecule has 0 aliphatic rings. The Hall–Kier alpha value is -2.60. The summed E-state index contributed by atoms with van der Waals surface area (Å²) in [5.74, 6) is 0. The number of rotatable bonds is 1. The normalized spacial score (nSPS) is 12.0. The third kappa shape index (κ3) is 2.39. The first kappa shape index (κ1) is 15.0. The van der Waals surface area contributed by atoms with Gasteiger partial charge in [-0.15, -0.1) is 0 Å². The Balaban J connectivity index is 2.08. The molecule has 0 saturated heterocycles. The Morgan fingerprint density at radius 3 is 1.83 bits per heavy atom. The van der Waals surface area contributed by atoms with Gasteiger partial charge in [0.2, 0.25) is 0 Å². The molecule has 0 amide bonds. The minimum atomic E-state index is 0.136. The molecular formula is C24H22. The van der Waals surface area contributed by atoms with E-state index in [1.54, 1.807) is 0 Å². The van der Waals surface area contributed by atoms with Crippen LogP contribution in [0.25, 0.3) is 32.7 Å². The van der Waals surface area contributed by atoms with E-state index in [4.69, 9.17) is 0 Å². The maximum Gasteiger partial charge on any atom is -0.00990 e. The highest BCUT2D eigenvalue weighted by Crippen LogP contribution is 2.38. The average molecular weight is 310 g/mol. The smallest absolute Gasteiger partial charge is 0.00990 e. The molecule has 24 heavy (non-hydrogen) atoms. The third-order valence-electron chi connectivity index (χ3n) is 4.81. The minimum Gasteiger partial charge on any atom is -0.0616 e. The minimum absolute atomic E-state index is 0.136. The van der Waals surface area contributed by atoms with E-state index in [9.17, 15) is 0 Å². The SMILES string of the molecule is CC(C)(C)c1ccc(-c2cccc3ccccc23)c2ccccc12. The Morgan fingerprint density at radius 2 is 1.08 bits per heavy atom. The van der Waals surface area contributed by atoms with E-state index in [0.29, 0.717) is 0 Å². The maximum atomic E-state index is 2.30. The van der Waals surface area contributed by atoms with Crippen LogP contribution in [0.15, 0.2) is 78.9 Å². The van der Waals surface area contributed by atoms with Gasteiger partial charge in [-0.3, -0.25) is 0 Å². The molecule has 0 heterocycles. The molecule has 118 valence electrons. The fraction of sp³-hybridized carbons (Fsp3) is 0.167. The van der Waals surface area contributed by atoms with Gasteiger partial charge in [0.05, 0.1) is 0 Å². The monoisotopic (exact) mass is 310 g/mol. The van der Waals surface area contributed by atoms with Crippen molar-refractivity contribution in [2.24, 2.45) is 0 Å². The summed E-state index contributed by atoms with van der Waals surface area (Å²) < 4.78 is 0. The number of hydrogen-bond acceptors (Lipinski definition) is 0. The number of hydrogen-bond donors (Lipinski definition) is 0. The molecule has 0 bridgehead atoms. The van der Waals surface area contributed by atoms with Crippen LogP contribution in [0.2, 0.25) is 0 Å². The summed E-state index contributed by atoms with van der Waals surface area (Å²) in [6, 6.07) is 28.6. The lowest BCUT2D eigenvalue weighted by molar-refractivity contribution is 0.596. The standard InChI is InChI=1S/C24H22/c1-24(2,3)23-16-15-21(20-12-6-7-13-22(20)23)19-14-8-10-17-9-4-5-11-18(17)19/h4-16H,1-3H3. The van der Waals surface area contributed by atoms with Crippen LogP contribution in [0.3, 0.4) is 0 Å². The summed E-state index contributed by atoms with van der Waals surface area (Å²) in [5, 5.41) is 5.30. The number of fused-ring (bicyclic) bond motifs is 2. The molecule has 0 unspecified atom stereocenters. The first-order valence-electron chi connectivity index (χ1n) is 8.56. The van der Waals surface area contributed by atoms with Gasteiger partial charge in [-0.05, 0) is 43.7 Å². The van der Waals surface area contributed by atoms with Gasteiger partial charge in [0, 0.05) is 0 Å². The highest BCUT2D eigenvalue weighted by molar-refractivity contribution is 6.06. The van der Waals surface area contributed by atoms with Crippen molar-refractivity contribution in [1.29, 1.82) is 0 Å². The summed E-state index contributed by atoms with van der Waals surface area (Å²) in [6.45, 7) is 6.85. The van der Waals surface area contributed by atoms with Gasteiger partial charge in [0.1, 0.15) is 0 Å². The van der Waals surface area contributed by atoms with Crippen LogP contribution in [-0.4, -0.2) is 0 Å². The first-order chi connectivity index (χ1) is 11.6. The molecule has 0 N–H and O–H groups in total. The predicted molar refractivity (Wildman–Crippen MR) is 106 cm³/mol. The van der Waals surface area contributed by atoms with Crippen LogP contribution in [0.5, 0.6) is 0 Å². The Morgan fingerprint density at radius 1 is 0.500 bits per heavy atom. The number of benzene rings is 4. The van der Waals surface area contributed by atoms with E-state index in [1.165, 1.54) is 38.2 Å². The van der Waals surface area contributed by atoms with E-state index in [-0.39, 0.29) is 5.41 Å². The van der Waals surface area contributed by atoms with E-state index < -0.39 is 0 Å². The van der Waals surface area contributed by atoms with Crippen LogP contribution in [0.1, 0.15) is 26.3 Å². The van der Waals surface area contributed by atoms with Crippen molar-refractivity contribution in [3.8, 4) is 11.1 Å². The summed E-state index contributed by atoms with van der Waals surface area (Å²) in [6.07, 6.45) is 0. The lowest BCUT2D eigenvalue weighted by Gasteiger charge is -2.23. The summed E-state index contributed by atoms with van der Waals surface area (Å²) >= 11 is 0. The molecule has 4 aromatic rings. The summed E-state index contributed by atoms with van der Waals surface area (Å²) in [5.41, 5.74) is 4.17. The zero-order chi connectivity index (χ0) is 16.7. The van der Waals surface area contributed by atoms with E-state index >= 15 is 0 Å². The van der Waals surface area contributed by atoms with E-state index in [0.717, 1.165) is 0 Å². The van der Waals surface area contributed by atoms with Gasteiger partial charge < -0.3 is 0 Å². The molecule has 0 aliphatic carbocycles. The van der Waals surface area contributed by atoms with E-state index in [2.05, 4.69) is 99.6 Å². The molecular weight excluding hydrogens is 288 g/mol. The molecule has 0 radical (unpaired) electrons. The third-order valence-corrected chi connectivity index (χ3v) is 4.81. The van der Waals surface area contributed by atoms with Gasteiger partial charge in [-0.1, -0.05) is 99.6 Å². The predicted octanol–water partition coefficient (Wildman–Crippen LogP) is 6.96.